The first-order valence-electron chi connectivity index (χ1n) is 7.52. The summed E-state index contributed by atoms with van der Waals surface area (Å²) in [5.41, 5.74) is 0.534. The van der Waals surface area contributed by atoms with E-state index in [2.05, 4.69) is 17.1 Å². The third kappa shape index (κ3) is 5.88. The molecule has 0 radical (unpaired) electrons. The van der Waals surface area contributed by atoms with E-state index in [1.807, 2.05) is 0 Å². The highest BCUT2D eigenvalue weighted by Crippen LogP contribution is 2.33. The molecule has 0 amide bonds. The monoisotopic (exact) mass is 367 g/mol. The lowest BCUT2D eigenvalue weighted by Gasteiger charge is -2.35. The summed E-state index contributed by atoms with van der Waals surface area (Å²) in [6.45, 7) is 5.61. The maximum Gasteiger partial charge on any atom is 0.277 e. The minimum absolute atomic E-state index is 0. The molecule has 1 aliphatic heterocycles. The standard InChI is InChI=1S/C15H22FN3O2.2ClH/c1-2-3-4-14(18-9-7-17-8-10-18)13-6-5-12(16)11-15(13)19(20)21;;/h5-6,11,14,17H,2-4,7-10H2,1H3;2*1H/t14-;;/m1../s1. The average molecular weight is 368 g/mol. The largest absolute Gasteiger partial charge is 0.314 e. The lowest BCUT2D eigenvalue weighted by atomic mass is 9.97. The van der Waals surface area contributed by atoms with Gasteiger partial charge in [0.15, 0.2) is 0 Å². The lowest BCUT2D eigenvalue weighted by Crippen LogP contribution is -2.45. The molecule has 0 spiro atoms. The number of hydrogen-bond donors (Lipinski definition) is 1. The van der Waals surface area contributed by atoms with Crippen molar-refractivity contribution in [1.29, 1.82) is 0 Å². The number of rotatable bonds is 6. The van der Waals surface area contributed by atoms with E-state index in [1.165, 1.54) is 6.07 Å². The van der Waals surface area contributed by atoms with Gasteiger partial charge in [-0.2, -0.15) is 0 Å². The molecule has 5 nitrogen and oxygen atoms in total. The van der Waals surface area contributed by atoms with Crippen molar-refractivity contribution < 1.29 is 9.31 Å². The van der Waals surface area contributed by atoms with E-state index in [0.29, 0.717) is 5.56 Å². The Morgan fingerprint density at radius 2 is 2.00 bits per heavy atom. The van der Waals surface area contributed by atoms with Crippen LogP contribution in [0.5, 0.6) is 0 Å². The van der Waals surface area contributed by atoms with E-state index >= 15 is 0 Å². The molecule has 132 valence electrons. The number of nitrogens with zero attached hydrogens (tertiary/aromatic N) is 2. The molecule has 1 aliphatic rings. The van der Waals surface area contributed by atoms with Gasteiger partial charge < -0.3 is 5.32 Å². The first-order valence-corrected chi connectivity index (χ1v) is 7.52. The zero-order chi connectivity index (χ0) is 15.2. The molecule has 1 N–H and O–H groups in total. The highest BCUT2D eigenvalue weighted by atomic mass is 35.5. The summed E-state index contributed by atoms with van der Waals surface area (Å²) >= 11 is 0. The summed E-state index contributed by atoms with van der Waals surface area (Å²) < 4.78 is 13.3. The molecule has 0 unspecified atom stereocenters. The van der Waals surface area contributed by atoms with Crippen molar-refractivity contribution in [2.45, 2.75) is 32.2 Å². The van der Waals surface area contributed by atoms with Crippen molar-refractivity contribution in [1.82, 2.24) is 10.2 Å². The van der Waals surface area contributed by atoms with Gasteiger partial charge >= 0.3 is 0 Å². The fourth-order valence-electron chi connectivity index (χ4n) is 2.88. The second-order valence-corrected chi connectivity index (χ2v) is 5.40. The number of nitrogens with one attached hydrogen (secondary N) is 1. The minimum atomic E-state index is -0.556. The van der Waals surface area contributed by atoms with E-state index in [1.54, 1.807) is 6.07 Å². The number of nitro groups is 1. The molecule has 1 fully saturated rings. The van der Waals surface area contributed by atoms with Gasteiger partial charge in [0.1, 0.15) is 5.82 Å². The van der Waals surface area contributed by atoms with Crippen LogP contribution in [0.2, 0.25) is 0 Å². The third-order valence-electron chi connectivity index (χ3n) is 3.97. The van der Waals surface area contributed by atoms with E-state index in [4.69, 9.17) is 0 Å². The Kier molecular flexibility index (Phi) is 10.3. The van der Waals surface area contributed by atoms with Crippen molar-refractivity contribution in [2.75, 3.05) is 26.2 Å². The molecule has 1 heterocycles. The highest BCUT2D eigenvalue weighted by molar-refractivity contribution is 5.85. The maximum atomic E-state index is 13.3. The van der Waals surface area contributed by atoms with Crippen LogP contribution in [0.15, 0.2) is 18.2 Å². The van der Waals surface area contributed by atoms with Crippen LogP contribution in [0.3, 0.4) is 0 Å². The quantitative estimate of drug-likeness (QED) is 0.614. The van der Waals surface area contributed by atoms with Crippen LogP contribution in [0, 0.1) is 15.9 Å². The van der Waals surface area contributed by atoms with Crippen LogP contribution in [0.25, 0.3) is 0 Å². The first-order chi connectivity index (χ1) is 10.1. The van der Waals surface area contributed by atoms with Crippen LogP contribution in [-0.4, -0.2) is 36.0 Å². The molecule has 23 heavy (non-hydrogen) atoms. The van der Waals surface area contributed by atoms with E-state index < -0.39 is 10.7 Å². The second kappa shape index (κ2) is 10.8. The third-order valence-corrected chi connectivity index (χ3v) is 3.97. The molecule has 2 rings (SSSR count). The molecule has 0 aliphatic carbocycles. The molecule has 1 aromatic rings. The average Bonchev–Trinajstić information content (AvgIpc) is 2.49. The Labute approximate surface area is 148 Å². The Bertz CT molecular complexity index is 500. The molecule has 1 saturated heterocycles. The number of unbranched alkanes of at least 4 members (excludes halogenated alkanes) is 1. The highest BCUT2D eigenvalue weighted by Gasteiger charge is 2.28. The van der Waals surface area contributed by atoms with Gasteiger partial charge in [-0.3, -0.25) is 15.0 Å². The molecule has 0 bridgehead atoms. The molecule has 1 atom stereocenters. The zero-order valence-electron chi connectivity index (χ0n) is 13.2. The van der Waals surface area contributed by atoms with Crippen LogP contribution in [0.4, 0.5) is 10.1 Å². The molecular formula is C15H24Cl2FN3O2. The van der Waals surface area contributed by atoms with Gasteiger partial charge in [0.2, 0.25) is 0 Å². The fourth-order valence-corrected chi connectivity index (χ4v) is 2.88. The van der Waals surface area contributed by atoms with Crippen molar-refractivity contribution in [2.24, 2.45) is 0 Å². The van der Waals surface area contributed by atoms with Gasteiger partial charge in [-0.15, -0.1) is 24.8 Å². The summed E-state index contributed by atoms with van der Waals surface area (Å²) in [5.74, 6) is -0.556. The smallest absolute Gasteiger partial charge is 0.277 e. The van der Waals surface area contributed by atoms with Crippen molar-refractivity contribution in [3.63, 3.8) is 0 Å². The van der Waals surface area contributed by atoms with Gasteiger partial charge in [-0.25, -0.2) is 4.39 Å². The molecule has 0 aromatic heterocycles. The summed E-state index contributed by atoms with van der Waals surface area (Å²) in [6, 6.07) is 3.93. The van der Waals surface area contributed by atoms with Gasteiger partial charge in [0, 0.05) is 37.8 Å². The predicted octanol–water partition coefficient (Wildman–Crippen LogP) is 3.71. The zero-order valence-corrected chi connectivity index (χ0v) is 14.8. The second-order valence-electron chi connectivity index (χ2n) is 5.40. The summed E-state index contributed by atoms with van der Waals surface area (Å²) in [5, 5.41) is 14.5. The molecule has 0 saturated carbocycles. The SMILES string of the molecule is CCCC[C@H](c1ccc(F)cc1[N+](=O)[O-])N1CCNCC1.Cl.Cl. The van der Waals surface area contributed by atoms with Crippen LogP contribution in [0.1, 0.15) is 37.8 Å². The van der Waals surface area contributed by atoms with Gasteiger partial charge in [-0.1, -0.05) is 19.8 Å². The maximum absolute atomic E-state index is 13.3. The minimum Gasteiger partial charge on any atom is -0.314 e. The van der Waals surface area contributed by atoms with Crippen molar-refractivity contribution >= 4 is 30.5 Å². The number of piperazine rings is 1. The Hall–Kier alpha value is -0.950. The number of benzene rings is 1. The van der Waals surface area contributed by atoms with Crippen LogP contribution < -0.4 is 5.32 Å². The number of hydrogen-bond acceptors (Lipinski definition) is 4. The van der Waals surface area contributed by atoms with Gasteiger partial charge in [0.25, 0.3) is 5.69 Å². The van der Waals surface area contributed by atoms with Crippen LogP contribution >= 0.6 is 24.8 Å². The number of nitro benzene ring substituents is 1. The lowest BCUT2D eigenvalue weighted by molar-refractivity contribution is -0.386. The molecular weight excluding hydrogens is 344 g/mol. The number of halogens is 3. The van der Waals surface area contributed by atoms with Crippen LogP contribution in [-0.2, 0) is 0 Å². The summed E-state index contributed by atoms with van der Waals surface area (Å²) in [4.78, 5) is 13.0. The topological polar surface area (TPSA) is 58.4 Å². The normalized spacial score (nSPS) is 16.1. The van der Waals surface area contributed by atoms with E-state index in [9.17, 15) is 14.5 Å². The van der Waals surface area contributed by atoms with Gasteiger partial charge in [-0.05, 0) is 18.6 Å². The van der Waals surface area contributed by atoms with Crippen molar-refractivity contribution in [3.8, 4) is 0 Å². The first kappa shape index (κ1) is 22.1. The Morgan fingerprint density at radius 3 is 2.57 bits per heavy atom. The Balaban J connectivity index is 0.00000242. The predicted molar refractivity (Wildman–Crippen MR) is 94.3 cm³/mol. The van der Waals surface area contributed by atoms with Gasteiger partial charge in [0.05, 0.1) is 11.0 Å². The molecule has 1 aromatic carbocycles. The Morgan fingerprint density at radius 1 is 1.35 bits per heavy atom. The van der Waals surface area contributed by atoms with E-state index in [-0.39, 0.29) is 36.5 Å². The summed E-state index contributed by atoms with van der Waals surface area (Å²) in [6.07, 6.45) is 2.91. The fraction of sp³-hybridized carbons (Fsp3) is 0.600. The van der Waals surface area contributed by atoms with E-state index in [0.717, 1.165) is 51.5 Å². The van der Waals surface area contributed by atoms with Crippen molar-refractivity contribution in [3.05, 3.63) is 39.7 Å². The summed E-state index contributed by atoms with van der Waals surface area (Å²) in [7, 11) is 0. The molecule has 8 heteroatoms.